The lowest BCUT2D eigenvalue weighted by atomic mass is 9.64. The van der Waals surface area contributed by atoms with Crippen LogP contribution in [0.5, 0.6) is 0 Å². The molecule has 0 spiro atoms. The van der Waals surface area contributed by atoms with Crippen LogP contribution in [-0.2, 0) is 9.47 Å². The van der Waals surface area contributed by atoms with E-state index in [9.17, 15) is 0 Å². The van der Waals surface area contributed by atoms with Crippen LogP contribution in [0.25, 0.3) is 0 Å². The molecule has 6 atom stereocenters. The summed E-state index contributed by atoms with van der Waals surface area (Å²) >= 11 is 0. The molecule has 0 bridgehead atoms. The van der Waals surface area contributed by atoms with Gasteiger partial charge in [0.2, 0.25) is 0 Å². The van der Waals surface area contributed by atoms with E-state index in [2.05, 4.69) is 154 Å². The third-order valence-electron chi connectivity index (χ3n) is 10.3. The van der Waals surface area contributed by atoms with Crippen molar-refractivity contribution in [3.8, 4) is 0 Å². The van der Waals surface area contributed by atoms with Crippen LogP contribution in [0.2, 0.25) is 0 Å². The minimum absolute atomic E-state index is 0.0382. The highest BCUT2D eigenvalue weighted by Gasteiger charge is 2.64. The van der Waals surface area contributed by atoms with E-state index in [0.29, 0.717) is 24.0 Å². The highest BCUT2D eigenvalue weighted by Crippen LogP contribution is 2.59. The summed E-state index contributed by atoms with van der Waals surface area (Å²) in [4.78, 5) is 0. The molecule has 2 saturated carbocycles. The van der Waals surface area contributed by atoms with Crippen molar-refractivity contribution in [1.82, 2.24) is 0 Å². The molecule has 2 nitrogen and oxygen atoms in total. The zero-order valence-electron chi connectivity index (χ0n) is 28.0. The fourth-order valence-corrected chi connectivity index (χ4v) is 7.39. The molecule has 0 aromatic heterocycles. The molecule has 0 N–H and O–H groups in total. The predicted octanol–water partition coefficient (Wildman–Crippen LogP) is 10.7. The summed E-state index contributed by atoms with van der Waals surface area (Å²) in [5.41, 5.74) is 5.62. The second-order valence-corrected chi connectivity index (χ2v) is 15.1. The summed E-state index contributed by atoms with van der Waals surface area (Å²) < 4.78 is 12.1. The number of hydrogen-bond donors (Lipinski definition) is 0. The number of rotatable bonds is 10. The number of allylic oxidation sites excluding steroid dienone is 16. The largest absolute Gasteiger partial charge is 0.366 e. The molecule has 0 radical (unpaired) electrons. The first-order valence-electron chi connectivity index (χ1n) is 16.1. The molecule has 2 heterocycles. The molecular formula is C40H56O2. The van der Waals surface area contributed by atoms with Gasteiger partial charge < -0.3 is 9.47 Å². The summed E-state index contributed by atoms with van der Waals surface area (Å²) in [6, 6.07) is 0. The number of fused-ring (bicyclic) bond motifs is 2. The molecular weight excluding hydrogens is 512 g/mol. The van der Waals surface area contributed by atoms with Gasteiger partial charge in [0.15, 0.2) is 0 Å². The van der Waals surface area contributed by atoms with Crippen molar-refractivity contribution in [3.05, 3.63) is 107 Å². The Kier molecular flexibility index (Phi) is 9.80. The zero-order chi connectivity index (χ0) is 30.8. The van der Waals surface area contributed by atoms with E-state index in [0.717, 1.165) is 0 Å². The average Bonchev–Trinajstić information content (AvgIpc) is 3.78. The average molecular weight is 569 g/mol. The van der Waals surface area contributed by atoms with Crippen molar-refractivity contribution in [2.24, 2.45) is 22.7 Å². The number of epoxide rings is 2. The van der Waals surface area contributed by atoms with E-state index in [1.165, 1.54) is 48.0 Å². The van der Waals surface area contributed by atoms with Gasteiger partial charge in [-0.15, -0.1) is 0 Å². The smallest absolute Gasteiger partial charge is 0.0987 e. The first kappa shape index (κ1) is 32.5. The van der Waals surface area contributed by atoms with Crippen LogP contribution in [0.4, 0.5) is 0 Å². The van der Waals surface area contributed by atoms with E-state index < -0.39 is 0 Å². The highest BCUT2D eigenvalue weighted by atomic mass is 16.6. The Balaban J connectivity index is 1.23. The zero-order valence-corrected chi connectivity index (χ0v) is 28.0. The second kappa shape index (κ2) is 12.7. The quantitative estimate of drug-likeness (QED) is 0.193. The van der Waals surface area contributed by atoms with E-state index in [1.807, 2.05) is 0 Å². The van der Waals surface area contributed by atoms with Crippen LogP contribution < -0.4 is 0 Å². The molecule has 4 rings (SSSR count). The molecule has 0 amide bonds. The van der Waals surface area contributed by atoms with Crippen LogP contribution >= 0.6 is 0 Å². The Morgan fingerprint density at radius 1 is 0.500 bits per heavy atom. The molecule has 2 heteroatoms. The van der Waals surface area contributed by atoms with Gasteiger partial charge in [-0.2, -0.15) is 0 Å². The summed E-state index contributed by atoms with van der Waals surface area (Å²) in [6.45, 7) is 22.7. The Morgan fingerprint density at radius 2 is 0.833 bits per heavy atom. The van der Waals surface area contributed by atoms with Gasteiger partial charge >= 0.3 is 0 Å². The van der Waals surface area contributed by atoms with Gasteiger partial charge in [0.1, 0.15) is 0 Å². The summed E-state index contributed by atoms with van der Waals surface area (Å²) in [6.07, 6.45) is 36.6. The first-order chi connectivity index (χ1) is 19.7. The molecule has 0 aromatic rings. The van der Waals surface area contributed by atoms with Gasteiger partial charge in [0, 0.05) is 11.8 Å². The standard InChI is InChI=1S/C40H56O2/c1-29(17-13-19-31(3)21-23-33-37(5,6)27-25-35-39(33,9)41-35)15-11-12-16-30(2)18-14-20-32(4)22-24-34-38(7,8)28-26-36-40(34,10)42-36/h11-24,33-36H,25-28H2,1-10H3/b12-11+,17-13+,18-14+,23-21+,24-22+,29-15+,30-16+,31-19+,32-20+/t33-,34+,35+,36-,39-,40+. The van der Waals surface area contributed by atoms with Crippen molar-refractivity contribution in [2.45, 2.75) is 118 Å². The Bertz CT molecular complexity index is 1160. The summed E-state index contributed by atoms with van der Waals surface area (Å²) in [5, 5.41) is 0. The maximum atomic E-state index is 6.07. The monoisotopic (exact) mass is 568 g/mol. The molecule has 0 aromatic carbocycles. The van der Waals surface area contributed by atoms with Crippen molar-refractivity contribution < 1.29 is 9.47 Å². The van der Waals surface area contributed by atoms with E-state index in [-0.39, 0.29) is 22.0 Å². The predicted molar refractivity (Wildman–Crippen MR) is 180 cm³/mol. The van der Waals surface area contributed by atoms with E-state index in [1.54, 1.807) is 0 Å². The maximum absolute atomic E-state index is 6.07. The molecule has 42 heavy (non-hydrogen) atoms. The molecule has 0 unspecified atom stereocenters. The molecule has 228 valence electrons. The summed E-state index contributed by atoms with van der Waals surface area (Å²) in [7, 11) is 0. The normalized spacial score (nSPS) is 36.9. The Hall–Kier alpha value is -2.42. The lowest BCUT2D eigenvalue weighted by molar-refractivity contribution is 0.135. The van der Waals surface area contributed by atoms with E-state index in [4.69, 9.17) is 9.47 Å². The fraction of sp³-hybridized carbons (Fsp3) is 0.550. The molecule has 4 fully saturated rings. The molecule has 2 aliphatic heterocycles. The van der Waals surface area contributed by atoms with Gasteiger partial charge in [-0.3, -0.25) is 0 Å². The van der Waals surface area contributed by atoms with Crippen molar-refractivity contribution in [2.75, 3.05) is 0 Å². The molecule has 2 saturated heterocycles. The van der Waals surface area contributed by atoms with Gasteiger partial charge in [-0.1, -0.05) is 135 Å². The third-order valence-corrected chi connectivity index (χ3v) is 10.3. The van der Waals surface area contributed by atoms with Crippen LogP contribution in [0, 0.1) is 22.7 Å². The van der Waals surface area contributed by atoms with Crippen LogP contribution in [0.3, 0.4) is 0 Å². The fourth-order valence-electron chi connectivity index (χ4n) is 7.39. The lowest BCUT2D eigenvalue weighted by Gasteiger charge is -2.38. The maximum Gasteiger partial charge on any atom is 0.0987 e. The Labute approximate surface area is 257 Å². The molecule has 4 aliphatic rings. The minimum atomic E-state index is 0.0382. The highest BCUT2D eigenvalue weighted by molar-refractivity contribution is 5.33. The lowest BCUT2D eigenvalue weighted by Crippen LogP contribution is -2.39. The van der Waals surface area contributed by atoms with Crippen LogP contribution in [-0.4, -0.2) is 23.4 Å². The number of ether oxygens (including phenoxy) is 2. The minimum Gasteiger partial charge on any atom is -0.366 e. The van der Waals surface area contributed by atoms with Gasteiger partial charge in [0.25, 0.3) is 0 Å². The first-order valence-corrected chi connectivity index (χ1v) is 16.1. The summed E-state index contributed by atoms with van der Waals surface area (Å²) in [5.74, 6) is 0.934. The van der Waals surface area contributed by atoms with Crippen molar-refractivity contribution in [1.29, 1.82) is 0 Å². The number of hydrogen-bond acceptors (Lipinski definition) is 2. The third kappa shape index (κ3) is 7.74. The van der Waals surface area contributed by atoms with Crippen molar-refractivity contribution in [3.63, 3.8) is 0 Å². The van der Waals surface area contributed by atoms with Gasteiger partial charge in [-0.05, 0) is 78.1 Å². The SMILES string of the molecule is CC(/C=C/C=C(C)/C=C/[C@@H]1C(C)(C)CC[C@@H]2O[C@@]21C)=C\C=C\C=C(C)\C=C\C=C(C)\C=C\[C@H]1C(C)(C)CC[C@H]2O[C@]21C. The topological polar surface area (TPSA) is 25.1 Å². The van der Waals surface area contributed by atoms with Gasteiger partial charge in [0.05, 0.1) is 23.4 Å². The second-order valence-electron chi connectivity index (χ2n) is 15.1. The van der Waals surface area contributed by atoms with Gasteiger partial charge in [-0.25, -0.2) is 0 Å². The van der Waals surface area contributed by atoms with Crippen LogP contribution in [0.15, 0.2) is 107 Å². The molecule has 2 aliphatic carbocycles. The van der Waals surface area contributed by atoms with Crippen LogP contribution in [0.1, 0.15) is 94.9 Å². The Morgan fingerprint density at radius 3 is 1.21 bits per heavy atom. The van der Waals surface area contributed by atoms with Crippen molar-refractivity contribution >= 4 is 0 Å². The van der Waals surface area contributed by atoms with E-state index >= 15 is 0 Å².